The third kappa shape index (κ3) is 2.40. The number of nitrogens with zero attached hydrogens (tertiary/aromatic N) is 3. The largest absolute Gasteiger partial charge is 0.339 e. The van der Waals surface area contributed by atoms with Crippen LogP contribution in [0.4, 0.5) is 5.95 Å². The van der Waals surface area contributed by atoms with Gasteiger partial charge in [0.25, 0.3) is 0 Å². The van der Waals surface area contributed by atoms with Gasteiger partial charge in [-0.25, -0.2) is 5.10 Å². The van der Waals surface area contributed by atoms with E-state index in [0.29, 0.717) is 16.9 Å². The lowest BCUT2D eigenvalue weighted by molar-refractivity contribution is 0.564. The van der Waals surface area contributed by atoms with E-state index < -0.39 is 0 Å². The number of anilines is 1. The van der Waals surface area contributed by atoms with Crippen molar-refractivity contribution >= 4 is 18.2 Å². The number of hydrogen-bond acceptors (Lipinski definition) is 3. The Morgan fingerprint density at radius 2 is 2.00 bits per heavy atom. The molecule has 0 fully saturated rings. The molecule has 5 heteroatoms. The second-order valence-corrected chi connectivity index (χ2v) is 4.56. The summed E-state index contributed by atoms with van der Waals surface area (Å²) in [6, 6.07) is 0.761. The van der Waals surface area contributed by atoms with Gasteiger partial charge in [0.05, 0.1) is 0 Å². The van der Waals surface area contributed by atoms with Crippen LogP contribution < -0.4 is 4.90 Å². The normalized spacial score (nSPS) is 11.4. The Bertz CT molecular complexity index is 364. The van der Waals surface area contributed by atoms with Crippen LogP contribution in [0.1, 0.15) is 40.7 Å². The number of H-pyrrole nitrogens is 1. The first kappa shape index (κ1) is 12.2. The third-order valence-corrected chi connectivity index (χ3v) is 2.71. The van der Waals surface area contributed by atoms with Gasteiger partial charge in [-0.2, -0.15) is 0 Å². The predicted octanol–water partition coefficient (Wildman–Crippen LogP) is 2.76. The van der Waals surface area contributed by atoms with E-state index in [4.69, 9.17) is 12.2 Å². The Hall–Kier alpha value is -0.840. The summed E-state index contributed by atoms with van der Waals surface area (Å²) in [5.74, 6) is 0.938. The minimum atomic E-state index is 0.332. The van der Waals surface area contributed by atoms with E-state index in [2.05, 4.69) is 54.3 Å². The van der Waals surface area contributed by atoms with Crippen molar-refractivity contribution in [3.63, 3.8) is 0 Å². The molecule has 0 saturated heterocycles. The van der Waals surface area contributed by atoms with Crippen molar-refractivity contribution < 1.29 is 0 Å². The summed E-state index contributed by atoms with van der Waals surface area (Å²) < 4.78 is 2.75. The zero-order valence-corrected chi connectivity index (χ0v) is 10.9. The van der Waals surface area contributed by atoms with Crippen LogP contribution in [0.5, 0.6) is 0 Å². The number of aromatic nitrogens is 3. The highest BCUT2D eigenvalue weighted by Gasteiger charge is 2.17. The molecule has 0 amide bonds. The summed E-state index contributed by atoms with van der Waals surface area (Å²) in [6.45, 7) is 11.6. The van der Waals surface area contributed by atoms with Crippen molar-refractivity contribution in [1.29, 1.82) is 0 Å². The lowest BCUT2D eigenvalue weighted by atomic mass is 10.3. The first-order chi connectivity index (χ1) is 6.99. The second kappa shape index (κ2) is 4.79. The van der Waals surface area contributed by atoms with Crippen molar-refractivity contribution in [2.75, 3.05) is 11.4 Å². The number of aromatic amines is 1. The summed E-state index contributed by atoms with van der Waals surface area (Å²) in [7, 11) is 0. The molecule has 0 aliphatic carbocycles. The van der Waals surface area contributed by atoms with Crippen LogP contribution in [-0.4, -0.2) is 27.4 Å². The molecule has 0 saturated carbocycles. The van der Waals surface area contributed by atoms with Crippen LogP contribution in [0.3, 0.4) is 0 Å². The fraction of sp³-hybridized carbons (Fsp3) is 0.800. The molecule has 1 aromatic rings. The van der Waals surface area contributed by atoms with E-state index in [1.54, 1.807) is 0 Å². The highest BCUT2D eigenvalue weighted by Crippen LogP contribution is 2.18. The summed E-state index contributed by atoms with van der Waals surface area (Å²) in [5, 5.41) is 7.16. The molecular formula is C10H20N4S. The number of nitrogens with one attached hydrogen (secondary N) is 1. The van der Waals surface area contributed by atoms with Gasteiger partial charge in [0.2, 0.25) is 5.95 Å². The maximum atomic E-state index is 5.22. The Morgan fingerprint density at radius 1 is 1.40 bits per heavy atom. The minimum Gasteiger partial charge on any atom is -0.339 e. The molecule has 4 nitrogen and oxygen atoms in total. The molecule has 1 N–H and O–H groups in total. The molecule has 1 heterocycles. The zero-order chi connectivity index (χ0) is 11.6. The summed E-state index contributed by atoms with van der Waals surface area (Å²) in [5.41, 5.74) is 0. The standard InChI is InChI=1S/C10H20N4S/c1-6-13(7(2)3)9-11-12-10(15)14(9)8(4)5/h7-8H,6H2,1-5H3,(H,12,15). The van der Waals surface area contributed by atoms with Crippen LogP contribution in [0, 0.1) is 4.77 Å². The van der Waals surface area contributed by atoms with E-state index >= 15 is 0 Å². The fourth-order valence-electron chi connectivity index (χ4n) is 1.70. The topological polar surface area (TPSA) is 36.9 Å². The molecular weight excluding hydrogens is 208 g/mol. The molecule has 0 bridgehead atoms. The van der Waals surface area contributed by atoms with Crippen molar-refractivity contribution in [3.05, 3.63) is 4.77 Å². The quantitative estimate of drug-likeness (QED) is 0.805. The molecule has 0 spiro atoms. The molecule has 0 unspecified atom stereocenters. The van der Waals surface area contributed by atoms with E-state index in [1.807, 2.05) is 0 Å². The van der Waals surface area contributed by atoms with Gasteiger partial charge in [-0.1, -0.05) is 0 Å². The van der Waals surface area contributed by atoms with E-state index in [0.717, 1.165) is 12.5 Å². The molecule has 15 heavy (non-hydrogen) atoms. The predicted molar refractivity (Wildman–Crippen MR) is 66.0 cm³/mol. The van der Waals surface area contributed by atoms with Crippen LogP contribution in [0.25, 0.3) is 0 Å². The van der Waals surface area contributed by atoms with Crippen molar-refractivity contribution in [1.82, 2.24) is 14.8 Å². The summed E-state index contributed by atoms with van der Waals surface area (Å²) >= 11 is 5.22. The smallest absolute Gasteiger partial charge is 0.226 e. The molecule has 0 aliphatic heterocycles. The van der Waals surface area contributed by atoms with Gasteiger partial charge in [0.1, 0.15) is 0 Å². The SMILES string of the molecule is CCN(c1n[nH]c(=S)n1C(C)C)C(C)C. The Morgan fingerprint density at radius 3 is 2.40 bits per heavy atom. The molecule has 0 atom stereocenters. The minimum absolute atomic E-state index is 0.332. The summed E-state index contributed by atoms with van der Waals surface area (Å²) in [4.78, 5) is 2.23. The first-order valence-corrected chi connectivity index (χ1v) is 5.83. The molecule has 0 aliphatic rings. The molecule has 1 aromatic heterocycles. The Labute approximate surface area is 96.3 Å². The van der Waals surface area contributed by atoms with E-state index in [9.17, 15) is 0 Å². The average molecular weight is 228 g/mol. The van der Waals surface area contributed by atoms with Gasteiger partial charge >= 0.3 is 0 Å². The Balaban J connectivity index is 3.18. The van der Waals surface area contributed by atoms with Crippen LogP contribution in [0.15, 0.2) is 0 Å². The highest BCUT2D eigenvalue weighted by molar-refractivity contribution is 7.71. The lowest BCUT2D eigenvalue weighted by Crippen LogP contribution is -2.33. The monoisotopic (exact) mass is 228 g/mol. The molecule has 1 rings (SSSR count). The van der Waals surface area contributed by atoms with Crippen molar-refractivity contribution in [2.45, 2.75) is 46.7 Å². The zero-order valence-electron chi connectivity index (χ0n) is 10.1. The van der Waals surface area contributed by atoms with Gasteiger partial charge in [-0.15, -0.1) is 5.10 Å². The molecule has 0 aromatic carbocycles. The third-order valence-electron chi connectivity index (χ3n) is 2.42. The van der Waals surface area contributed by atoms with Crippen LogP contribution in [-0.2, 0) is 0 Å². The van der Waals surface area contributed by atoms with Crippen LogP contribution in [0.2, 0.25) is 0 Å². The molecule has 0 radical (unpaired) electrons. The second-order valence-electron chi connectivity index (χ2n) is 4.17. The first-order valence-electron chi connectivity index (χ1n) is 5.42. The maximum Gasteiger partial charge on any atom is 0.226 e. The number of rotatable bonds is 4. The van der Waals surface area contributed by atoms with Gasteiger partial charge in [-0.3, -0.25) is 4.57 Å². The van der Waals surface area contributed by atoms with Gasteiger partial charge in [0, 0.05) is 18.6 Å². The van der Waals surface area contributed by atoms with Crippen molar-refractivity contribution in [2.24, 2.45) is 0 Å². The summed E-state index contributed by atoms with van der Waals surface area (Å²) in [6.07, 6.45) is 0. The van der Waals surface area contributed by atoms with Gasteiger partial charge in [-0.05, 0) is 46.8 Å². The van der Waals surface area contributed by atoms with Crippen molar-refractivity contribution in [3.8, 4) is 0 Å². The fourth-order valence-corrected chi connectivity index (χ4v) is 2.04. The molecule has 86 valence electrons. The van der Waals surface area contributed by atoms with Crippen LogP contribution >= 0.6 is 12.2 Å². The number of hydrogen-bond donors (Lipinski definition) is 1. The van der Waals surface area contributed by atoms with E-state index in [-0.39, 0.29) is 0 Å². The average Bonchev–Trinajstić information content (AvgIpc) is 2.48. The highest BCUT2D eigenvalue weighted by atomic mass is 32.1. The van der Waals surface area contributed by atoms with Gasteiger partial charge < -0.3 is 4.90 Å². The van der Waals surface area contributed by atoms with Gasteiger partial charge in [0.15, 0.2) is 4.77 Å². The van der Waals surface area contributed by atoms with E-state index in [1.165, 1.54) is 0 Å². The Kier molecular flexibility index (Phi) is 3.90. The maximum absolute atomic E-state index is 5.22. The lowest BCUT2D eigenvalue weighted by Gasteiger charge is -2.27.